The fraction of sp³-hybridized carbons (Fsp3) is 0.0667. The lowest BCUT2D eigenvalue weighted by atomic mass is 10.1. The molecule has 2 heterocycles. The van der Waals surface area contributed by atoms with Crippen LogP contribution >= 0.6 is 0 Å². The molecule has 0 aliphatic carbocycles. The minimum Gasteiger partial charge on any atom is -0.619 e. The van der Waals surface area contributed by atoms with Crippen LogP contribution in [0.15, 0.2) is 36.9 Å². The number of hydrogen-bond acceptors (Lipinski definition) is 8. The lowest BCUT2D eigenvalue weighted by Crippen LogP contribution is -2.26. The second-order valence-corrected chi connectivity index (χ2v) is 5.38. The van der Waals surface area contributed by atoms with Crippen LogP contribution in [0.1, 0.15) is 5.56 Å². The summed E-state index contributed by atoms with van der Waals surface area (Å²) in [4.78, 5) is 21.1. The largest absolute Gasteiger partial charge is 0.619 e. The topological polar surface area (TPSA) is 149 Å². The molecule has 2 aromatic heterocycles. The Morgan fingerprint density at radius 1 is 1.14 bits per heavy atom. The number of aromatic nitrogens is 4. The van der Waals surface area contributed by atoms with Gasteiger partial charge in [0.15, 0.2) is 29.8 Å². The van der Waals surface area contributed by atoms with Crippen molar-refractivity contribution in [3.05, 3.63) is 57.8 Å². The van der Waals surface area contributed by atoms with Crippen LogP contribution in [0, 0.1) is 15.3 Å². The predicted octanol–water partition coefficient (Wildman–Crippen LogP) is 2.18. The highest BCUT2D eigenvalue weighted by Gasteiger charge is 2.36. The van der Waals surface area contributed by atoms with Gasteiger partial charge in [-0.15, -0.1) is 0 Å². The Morgan fingerprint density at radius 3 is 2.46 bits per heavy atom. The molecule has 13 heteroatoms. The Labute approximate surface area is 152 Å². The number of nitro groups is 1. The molecule has 144 valence electrons. The molecule has 3 rings (SSSR count). The van der Waals surface area contributed by atoms with E-state index in [0.29, 0.717) is 18.5 Å². The summed E-state index contributed by atoms with van der Waals surface area (Å²) < 4.78 is 39.8. The van der Waals surface area contributed by atoms with Crippen molar-refractivity contribution in [2.24, 2.45) is 0 Å². The van der Waals surface area contributed by atoms with E-state index in [1.165, 1.54) is 0 Å². The molecule has 10 nitrogen and oxygen atoms in total. The van der Waals surface area contributed by atoms with Gasteiger partial charge in [-0.2, -0.15) is 17.9 Å². The SMILES string of the molecule is O=[N+]([O-])c1cc(-c2ncnc(-c3c[n+]([O-])ccc3C(F)(F)F)n2)cc(O)c1O. The molecule has 1 aromatic carbocycles. The van der Waals surface area contributed by atoms with Crippen molar-refractivity contribution in [1.29, 1.82) is 0 Å². The second-order valence-electron chi connectivity index (χ2n) is 5.38. The molecular weight excluding hydrogens is 387 g/mol. The first-order chi connectivity index (χ1) is 13.1. The highest BCUT2D eigenvalue weighted by atomic mass is 19.4. The van der Waals surface area contributed by atoms with Crippen LogP contribution in [-0.4, -0.2) is 30.1 Å². The van der Waals surface area contributed by atoms with E-state index in [9.17, 15) is 38.7 Å². The van der Waals surface area contributed by atoms with Gasteiger partial charge in [0.2, 0.25) is 5.75 Å². The van der Waals surface area contributed by atoms with Gasteiger partial charge in [-0.1, -0.05) is 0 Å². The highest BCUT2D eigenvalue weighted by molar-refractivity contribution is 5.69. The van der Waals surface area contributed by atoms with Crippen molar-refractivity contribution in [2.45, 2.75) is 6.18 Å². The number of phenols is 2. The summed E-state index contributed by atoms with van der Waals surface area (Å²) in [6, 6.07) is 2.28. The average molecular weight is 395 g/mol. The first-order valence-electron chi connectivity index (χ1n) is 7.28. The molecule has 0 atom stereocenters. The molecule has 0 saturated heterocycles. The van der Waals surface area contributed by atoms with E-state index in [1.54, 1.807) is 0 Å². The van der Waals surface area contributed by atoms with Crippen LogP contribution in [0.5, 0.6) is 11.5 Å². The predicted molar refractivity (Wildman–Crippen MR) is 84.6 cm³/mol. The van der Waals surface area contributed by atoms with Crippen molar-refractivity contribution in [3.8, 4) is 34.3 Å². The Balaban J connectivity index is 2.18. The number of aromatic hydroxyl groups is 2. The fourth-order valence-corrected chi connectivity index (χ4v) is 2.34. The van der Waals surface area contributed by atoms with Gasteiger partial charge < -0.3 is 15.4 Å². The van der Waals surface area contributed by atoms with Crippen LogP contribution < -0.4 is 4.73 Å². The zero-order chi connectivity index (χ0) is 20.6. The fourth-order valence-electron chi connectivity index (χ4n) is 2.34. The van der Waals surface area contributed by atoms with Crippen molar-refractivity contribution >= 4 is 5.69 Å². The first kappa shape index (κ1) is 18.8. The quantitative estimate of drug-likeness (QED) is 0.225. The minimum absolute atomic E-state index is 0.130. The molecule has 0 bridgehead atoms. The molecule has 0 aliphatic heterocycles. The maximum atomic E-state index is 13.2. The van der Waals surface area contributed by atoms with E-state index in [4.69, 9.17) is 0 Å². The number of rotatable bonds is 3. The lowest BCUT2D eigenvalue weighted by Gasteiger charge is -2.11. The minimum atomic E-state index is -4.80. The van der Waals surface area contributed by atoms with Gasteiger partial charge in [0.05, 0.1) is 16.1 Å². The number of halogens is 3. The molecule has 0 amide bonds. The van der Waals surface area contributed by atoms with Crippen LogP contribution in [0.3, 0.4) is 0 Å². The maximum Gasteiger partial charge on any atom is 0.417 e. The van der Waals surface area contributed by atoms with Gasteiger partial charge in [0, 0.05) is 17.7 Å². The number of pyridine rings is 1. The van der Waals surface area contributed by atoms with Gasteiger partial charge in [0.25, 0.3) is 0 Å². The van der Waals surface area contributed by atoms with Gasteiger partial charge in [-0.25, -0.2) is 15.0 Å². The van der Waals surface area contributed by atoms with Crippen molar-refractivity contribution in [2.75, 3.05) is 0 Å². The molecule has 2 N–H and O–H groups in total. The Morgan fingerprint density at radius 2 is 1.82 bits per heavy atom. The molecule has 0 radical (unpaired) electrons. The zero-order valence-electron chi connectivity index (χ0n) is 13.5. The third-order valence-electron chi connectivity index (χ3n) is 3.58. The third kappa shape index (κ3) is 3.44. The van der Waals surface area contributed by atoms with Crippen molar-refractivity contribution in [1.82, 2.24) is 15.0 Å². The van der Waals surface area contributed by atoms with Gasteiger partial charge >= 0.3 is 11.9 Å². The molecule has 0 spiro atoms. The lowest BCUT2D eigenvalue weighted by molar-refractivity contribution is -0.605. The molecule has 3 aromatic rings. The second kappa shape index (κ2) is 6.61. The summed E-state index contributed by atoms with van der Waals surface area (Å²) in [5, 5.41) is 41.6. The van der Waals surface area contributed by atoms with Crippen molar-refractivity contribution < 1.29 is 33.0 Å². The summed E-state index contributed by atoms with van der Waals surface area (Å²) in [7, 11) is 0. The molecular formula is C15H8F3N5O5. The van der Waals surface area contributed by atoms with Gasteiger partial charge in [0.1, 0.15) is 6.33 Å². The molecule has 0 fully saturated rings. The summed E-state index contributed by atoms with van der Waals surface area (Å²) in [6.07, 6.45) is -2.67. The van der Waals surface area contributed by atoms with E-state index in [0.717, 1.165) is 18.5 Å². The first-order valence-corrected chi connectivity index (χ1v) is 7.28. The standard InChI is InChI=1S/C15H8F3N5O5/c16-15(17,18)9-1-2-22(26)5-8(9)14-20-6-19-13(21-14)7-3-10(23(27)28)12(25)11(24)4-7/h1-6,24-25H. The Bertz CT molecular complexity index is 1090. The molecule has 0 unspecified atom stereocenters. The van der Waals surface area contributed by atoms with E-state index >= 15 is 0 Å². The van der Waals surface area contributed by atoms with Gasteiger partial charge in [-0.3, -0.25) is 10.1 Å². The van der Waals surface area contributed by atoms with E-state index in [1.807, 2.05) is 0 Å². The Hall–Kier alpha value is -4.03. The van der Waals surface area contributed by atoms with E-state index < -0.39 is 45.2 Å². The number of hydrogen-bond donors (Lipinski definition) is 2. The zero-order valence-corrected chi connectivity index (χ0v) is 13.5. The van der Waals surface area contributed by atoms with Crippen molar-refractivity contribution in [3.63, 3.8) is 0 Å². The number of nitrogens with zero attached hydrogens (tertiary/aromatic N) is 5. The highest BCUT2D eigenvalue weighted by Crippen LogP contribution is 2.39. The van der Waals surface area contributed by atoms with Crippen LogP contribution in [0.25, 0.3) is 22.8 Å². The Kier molecular flexibility index (Phi) is 4.42. The normalized spacial score (nSPS) is 11.4. The summed E-state index contributed by atoms with van der Waals surface area (Å²) in [5.74, 6) is -2.67. The molecule has 28 heavy (non-hydrogen) atoms. The number of benzene rings is 1. The average Bonchev–Trinajstić information content (AvgIpc) is 2.62. The van der Waals surface area contributed by atoms with Gasteiger partial charge in [-0.05, 0) is 6.07 Å². The number of nitro benzene ring substituents is 1. The summed E-state index contributed by atoms with van der Waals surface area (Å²) >= 11 is 0. The van der Waals surface area contributed by atoms with E-state index in [-0.39, 0.29) is 16.1 Å². The molecule has 0 saturated carbocycles. The van der Waals surface area contributed by atoms with Crippen LogP contribution in [0.2, 0.25) is 0 Å². The number of phenolic OH excluding ortho intramolecular Hbond substituents is 2. The van der Waals surface area contributed by atoms with Crippen LogP contribution in [0.4, 0.5) is 18.9 Å². The molecule has 0 aliphatic rings. The number of alkyl halides is 3. The van der Waals surface area contributed by atoms with Crippen LogP contribution in [-0.2, 0) is 6.18 Å². The maximum absolute atomic E-state index is 13.2. The summed E-state index contributed by atoms with van der Waals surface area (Å²) in [6.45, 7) is 0. The van der Waals surface area contributed by atoms with E-state index in [2.05, 4.69) is 15.0 Å². The smallest absolute Gasteiger partial charge is 0.417 e. The third-order valence-corrected chi connectivity index (χ3v) is 3.58. The summed E-state index contributed by atoms with van der Waals surface area (Å²) in [5.41, 5.74) is -2.82. The monoisotopic (exact) mass is 395 g/mol.